The van der Waals surface area contributed by atoms with Gasteiger partial charge in [0.2, 0.25) is 0 Å². The molecule has 5 heteroatoms. The minimum absolute atomic E-state index is 0.178. The van der Waals surface area contributed by atoms with E-state index in [0.717, 1.165) is 0 Å². The van der Waals surface area contributed by atoms with Crippen molar-refractivity contribution in [3.8, 4) is 0 Å². The summed E-state index contributed by atoms with van der Waals surface area (Å²) in [5.74, 6) is 0. The summed E-state index contributed by atoms with van der Waals surface area (Å²) in [6.07, 6.45) is 0.356. The van der Waals surface area contributed by atoms with E-state index in [0.29, 0.717) is 25.9 Å². The van der Waals surface area contributed by atoms with Crippen LogP contribution in [-0.4, -0.2) is 43.6 Å². The van der Waals surface area contributed by atoms with Crippen molar-refractivity contribution in [2.45, 2.75) is 65.3 Å². The smallest absolute Gasteiger partial charge is 0.0904 e. The molecule has 4 nitrogen and oxygen atoms in total. The van der Waals surface area contributed by atoms with Crippen LogP contribution in [0.15, 0.2) is 0 Å². The molecule has 0 aromatic rings. The van der Waals surface area contributed by atoms with E-state index >= 15 is 0 Å². The van der Waals surface area contributed by atoms with Crippen molar-refractivity contribution in [2.24, 2.45) is 0 Å². The van der Waals surface area contributed by atoms with Crippen molar-refractivity contribution in [3.63, 3.8) is 0 Å². The Morgan fingerprint density at radius 3 is 1.61 bits per heavy atom. The van der Waals surface area contributed by atoms with E-state index < -0.39 is 0 Å². The summed E-state index contributed by atoms with van der Waals surface area (Å²) in [5, 5.41) is 3.48. The van der Waals surface area contributed by atoms with Crippen LogP contribution in [0.5, 0.6) is 0 Å². The molecule has 0 aliphatic heterocycles. The molecule has 1 N–H and O–H groups in total. The molecular weight excluding hydrogens is 250 g/mol. The Hall–Kier alpha value is 0.190. The average molecular weight is 279 g/mol. The minimum atomic E-state index is -0.357. The molecule has 0 amide bonds. The quantitative estimate of drug-likeness (QED) is 0.476. The summed E-state index contributed by atoms with van der Waals surface area (Å²) >= 11 is 3.87. The van der Waals surface area contributed by atoms with Gasteiger partial charge in [-0.1, -0.05) is 13.8 Å². The van der Waals surface area contributed by atoms with E-state index in [1.165, 1.54) is 0 Å². The fraction of sp³-hybridized carbons (Fsp3) is 1.00. The van der Waals surface area contributed by atoms with Gasteiger partial charge in [-0.25, -0.2) is 0 Å². The van der Waals surface area contributed by atoms with Gasteiger partial charge in [0.15, 0.2) is 0 Å². The van der Waals surface area contributed by atoms with Crippen LogP contribution in [0.1, 0.15) is 41.5 Å². The Kier molecular flexibility index (Phi) is 9.25. The molecule has 0 fully saturated rings. The Labute approximate surface area is 117 Å². The van der Waals surface area contributed by atoms with E-state index in [4.69, 9.17) is 13.7 Å². The summed E-state index contributed by atoms with van der Waals surface area (Å²) in [6, 6.07) is 0.319. The highest BCUT2D eigenvalue weighted by Gasteiger charge is 2.32. The van der Waals surface area contributed by atoms with Crippen molar-refractivity contribution in [2.75, 3.05) is 19.8 Å². The van der Waals surface area contributed by atoms with Gasteiger partial charge in [0.25, 0.3) is 0 Å². The van der Waals surface area contributed by atoms with Gasteiger partial charge in [-0.3, -0.25) is 0 Å². The van der Waals surface area contributed by atoms with Gasteiger partial charge in [-0.2, -0.15) is 0 Å². The number of thiol groups is 1. The lowest BCUT2D eigenvalue weighted by Gasteiger charge is -2.36. The molecule has 0 spiro atoms. The zero-order chi connectivity index (χ0) is 14.2. The van der Waals surface area contributed by atoms with Crippen LogP contribution in [0.2, 0.25) is 0 Å². The van der Waals surface area contributed by atoms with Gasteiger partial charge in [0.1, 0.15) is 0 Å². The van der Waals surface area contributed by atoms with Crippen LogP contribution < -0.4 is 5.32 Å². The topological polar surface area (TPSA) is 39.7 Å². The van der Waals surface area contributed by atoms with E-state index in [1.54, 1.807) is 0 Å². The molecule has 0 aromatic heterocycles. The van der Waals surface area contributed by atoms with Crippen molar-refractivity contribution in [1.82, 2.24) is 5.32 Å². The summed E-state index contributed by atoms with van der Waals surface area (Å²) in [5.41, 5.74) is -0.357. The second-order valence-corrected chi connectivity index (χ2v) is 5.83. The third-order valence-corrected chi connectivity index (χ3v) is 2.45. The molecule has 18 heavy (non-hydrogen) atoms. The molecule has 0 aliphatic rings. The highest BCUT2D eigenvalue weighted by atomic mass is 32.1. The molecule has 0 rings (SSSR count). The standard InChI is InChI=1S/C13H29NO3S/c1-10(2)14-13(9-17-18,7-15-11(3)4)8-16-12(5)6/h10-12,14,18H,7-9H2,1-6H3. The molecule has 0 saturated heterocycles. The Balaban J connectivity index is 4.65. The van der Waals surface area contributed by atoms with Crippen molar-refractivity contribution in [3.05, 3.63) is 0 Å². The summed E-state index contributed by atoms with van der Waals surface area (Å²) < 4.78 is 16.5. The summed E-state index contributed by atoms with van der Waals surface area (Å²) in [6.45, 7) is 13.8. The highest BCUT2D eigenvalue weighted by Crippen LogP contribution is 2.13. The van der Waals surface area contributed by atoms with Crippen LogP contribution >= 0.6 is 12.9 Å². The van der Waals surface area contributed by atoms with E-state index in [-0.39, 0.29) is 17.7 Å². The molecule has 0 unspecified atom stereocenters. The van der Waals surface area contributed by atoms with Crippen LogP contribution in [0.25, 0.3) is 0 Å². The predicted octanol–water partition coefficient (Wildman–Crippen LogP) is 2.43. The summed E-state index contributed by atoms with van der Waals surface area (Å²) in [7, 11) is 0. The van der Waals surface area contributed by atoms with Crippen molar-refractivity contribution in [1.29, 1.82) is 0 Å². The van der Waals surface area contributed by atoms with Crippen LogP contribution in [0.3, 0.4) is 0 Å². The fourth-order valence-electron chi connectivity index (χ4n) is 1.64. The molecule has 0 atom stereocenters. The van der Waals surface area contributed by atoms with Gasteiger partial charge in [0, 0.05) is 6.04 Å². The van der Waals surface area contributed by atoms with Crippen molar-refractivity contribution < 1.29 is 13.7 Å². The average Bonchev–Trinajstić information content (AvgIpc) is 2.23. The third kappa shape index (κ3) is 8.32. The predicted molar refractivity (Wildman–Crippen MR) is 78.1 cm³/mol. The Bertz CT molecular complexity index is 198. The lowest BCUT2D eigenvalue weighted by Crippen LogP contribution is -2.58. The van der Waals surface area contributed by atoms with E-state index in [2.05, 4.69) is 32.1 Å². The number of hydrogen-bond acceptors (Lipinski definition) is 5. The lowest BCUT2D eigenvalue weighted by molar-refractivity contribution is -0.0467. The highest BCUT2D eigenvalue weighted by molar-refractivity contribution is 7.75. The first-order chi connectivity index (χ1) is 8.31. The minimum Gasteiger partial charge on any atom is -0.377 e. The Morgan fingerprint density at radius 2 is 1.33 bits per heavy atom. The number of nitrogens with one attached hydrogen (secondary N) is 1. The molecule has 0 aromatic carbocycles. The second kappa shape index (κ2) is 9.15. The maximum absolute atomic E-state index is 5.74. The molecule has 0 bridgehead atoms. The molecular formula is C13H29NO3S. The van der Waals surface area contributed by atoms with E-state index in [9.17, 15) is 0 Å². The van der Waals surface area contributed by atoms with E-state index in [1.807, 2.05) is 27.7 Å². The van der Waals surface area contributed by atoms with Gasteiger partial charge in [-0.05, 0) is 40.6 Å². The van der Waals surface area contributed by atoms with Gasteiger partial charge < -0.3 is 19.0 Å². The monoisotopic (exact) mass is 279 g/mol. The second-order valence-electron chi connectivity index (χ2n) is 5.57. The van der Waals surface area contributed by atoms with Crippen LogP contribution in [0, 0.1) is 0 Å². The molecule has 0 radical (unpaired) electrons. The fourth-order valence-corrected chi connectivity index (χ4v) is 1.89. The Morgan fingerprint density at radius 1 is 0.889 bits per heavy atom. The first-order valence-corrected chi connectivity index (χ1v) is 6.95. The first kappa shape index (κ1) is 18.2. The van der Waals surface area contributed by atoms with Crippen LogP contribution in [-0.2, 0) is 13.7 Å². The van der Waals surface area contributed by atoms with Gasteiger partial charge >= 0.3 is 0 Å². The first-order valence-electron chi connectivity index (χ1n) is 6.58. The largest absolute Gasteiger partial charge is 0.377 e. The zero-order valence-corrected chi connectivity index (χ0v) is 13.4. The van der Waals surface area contributed by atoms with Gasteiger partial charge in [-0.15, -0.1) is 0 Å². The van der Waals surface area contributed by atoms with Crippen LogP contribution in [0.4, 0.5) is 0 Å². The van der Waals surface area contributed by atoms with Crippen molar-refractivity contribution >= 4 is 12.9 Å². The number of rotatable bonds is 10. The maximum atomic E-state index is 5.74. The molecule has 110 valence electrons. The number of hydrogen-bond donors (Lipinski definition) is 2. The zero-order valence-electron chi connectivity index (χ0n) is 12.5. The molecule has 0 saturated carbocycles. The third-order valence-electron chi connectivity index (χ3n) is 2.32. The maximum Gasteiger partial charge on any atom is 0.0904 e. The SMILES string of the molecule is CC(C)NC(COS)(COC(C)C)COC(C)C. The summed E-state index contributed by atoms with van der Waals surface area (Å²) in [4.78, 5) is 0. The molecule has 0 heterocycles. The van der Waals surface area contributed by atoms with Gasteiger partial charge in [0.05, 0.1) is 37.6 Å². The normalized spacial score (nSPS) is 13.0. The molecule has 0 aliphatic carbocycles. The lowest BCUT2D eigenvalue weighted by atomic mass is 10.0. The number of ether oxygens (including phenoxy) is 2.